The number of nitrogens with two attached hydrogens (primary N) is 1. The average Bonchev–Trinajstić information content (AvgIpc) is 2.82. The van der Waals surface area contributed by atoms with Gasteiger partial charge in [0.2, 0.25) is 5.91 Å². The number of hydrogen-bond donors (Lipinski definition) is 2. The first-order valence-corrected chi connectivity index (χ1v) is 6.56. The summed E-state index contributed by atoms with van der Waals surface area (Å²) in [7, 11) is 0. The summed E-state index contributed by atoms with van der Waals surface area (Å²) >= 11 is 0. The Bertz CT molecular complexity index is 652. The van der Waals surface area contributed by atoms with E-state index in [9.17, 15) is 18.0 Å². The lowest BCUT2D eigenvalue weighted by molar-refractivity contribution is -0.142. The van der Waals surface area contributed by atoms with Crippen LogP contribution >= 0.6 is 0 Å². The maximum atomic E-state index is 12.2. The number of halogens is 3. The standard InChI is InChI=1S/C14H15F3N4O/c15-14(16,17)9-21-8-11(7-19-21)20-13(22)6-5-10-3-1-2-4-12(10)18/h1-4,7-8H,5-6,9,18H2,(H,20,22). The molecule has 2 aromatic rings. The molecule has 0 aliphatic rings. The van der Waals surface area contributed by atoms with E-state index in [4.69, 9.17) is 5.73 Å². The van der Waals surface area contributed by atoms with Gasteiger partial charge in [-0.25, -0.2) is 0 Å². The van der Waals surface area contributed by atoms with E-state index in [2.05, 4.69) is 10.4 Å². The molecule has 1 aromatic carbocycles. The van der Waals surface area contributed by atoms with Crippen molar-refractivity contribution in [1.29, 1.82) is 0 Å². The molecule has 1 aromatic heterocycles. The molecule has 0 radical (unpaired) electrons. The minimum absolute atomic E-state index is 0.179. The zero-order valence-electron chi connectivity index (χ0n) is 11.6. The van der Waals surface area contributed by atoms with Gasteiger partial charge in [-0.1, -0.05) is 18.2 Å². The van der Waals surface area contributed by atoms with Gasteiger partial charge in [0.15, 0.2) is 0 Å². The Morgan fingerprint density at radius 1 is 1.32 bits per heavy atom. The second-order valence-corrected chi connectivity index (χ2v) is 4.79. The minimum atomic E-state index is -4.35. The first-order chi connectivity index (χ1) is 10.3. The molecule has 0 saturated carbocycles. The van der Waals surface area contributed by atoms with E-state index in [-0.39, 0.29) is 18.0 Å². The zero-order valence-corrected chi connectivity index (χ0v) is 11.6. The van der Waals surface area contributed by atoms with Crippen LogP contribution in [0.15, 0.2) is 36.7 Å². The molecule has 22 heavy (non-hydrogen) atoms. The topological polar surface area (TPSA) is 72.9 Å². The molecule has 1 amide bonds. The van der Waals surface area contributed by atoms with Crippen molar-refractivity contribution < 1.29 is 18.0 Å². The molecule has 0 aliphatic heterocycles. The fraction of sp³-hybridized carbons (Fsp3) is 0.286. The van der Waals surface area contributed by atoms with Gasteiger partial charge in [0.1, 0.15) is 6.54 Å². The van der Waals surface area contributed by atoms with Crippen molar-refractivity contribution in [3.63, 3.8) is 0 Å². The summed E-state index contributed by atoms with van der Waals surface area (Å²) in [6.07, 6.45) is -1.39. The van der Waals surface area contributed by atoms with Crippen molar-refractivity contribution in [3.05, 3.63) is 42.2 Å². The average molecular weight is 312 g/mol. The molecule has 0 unspecified atom stereocenters. The lowest BCUT2D eigenvalue weighted by Crippen LogP contribution is -2.18. The van der Waals surface area contributed by atoms with Gasteiger partial charge in [-0.3, -0.25) is 9.48 Å². The Balaban J connectivity index is 1.86. The van der Waals surface area contributed by atoms with E-state index in [0.717, 1.165) is 16.4 Å². The summed E-state index contributed by atoms with van der Waals surface area (Å²) in [4.78, 5) is 11.8. The molecule has 8 heteroatoms. The predicted octanol–water partition coefficient (Wildman–Crippen LogP) is 2.60. The summed E-state index contributed by atoms with van der Waals surface area (Å²) in [6, 6.07) is 7.19. The number of nitrogens with one attached hydrogen (secondary N) is 1. The maximum Gasteiger partial charge on any atom is 0.408 e. The third-order valence-electron chi connectivity index (χ3n) is 2.93. The number of hydrogen-bond acceptors (Lipinski definition) is 3. The number of alkyl halides is 3. The highest BCUT2D eigenvalue weighted by Gasteiger charge is 2.28. The number of nitrogens with zero attached hydrogens (tertiary/aromatic N) is 2. The third-order valence-corrected chi connectivity index (χ3v) is 2.93. The van der Waals surface area contributed by atoms with Crippen LogP contribution in [0.4, 0.5) is 24.5 Å². The van der Waals surface area contributed by atoms with Gasteiger partial charge >= 0.3 is 6.18 Å². The molecule has 0 bridgehead atoms. The largest absolute Gasteiger partial charge is 0.408 e. The second-order valence-electron chi connectivity index (χ2n) is 4.79. The van der Waals surface area contributed by atoms with Crippen LogP contribution in [0, 0.1) is 0 Å². The van der Waals surface area contributed by atoms with Gasteiger partial charge in [-0.2, -0.15) is 18.3 Å². The monoisotopic (exact) mass is 312 g/mol. The van der Waals surface area contributed by atoms with Gasteiger partial charge < -0.3 is 11.1 Å². The smallest absolute Gasteiger partial charge is 0.399 e. The molecule has 1 heterocycles. The Kier molecular flexibility index (Phi) is 4.69. The minimum Gasteiger partial charge on any atom is -0.399 e. The normalized spacial score (nSPS) is 11.4. The fourth-order valence-electron chi connectivity index (χ4n) is 1.93. The van der Waals surface area contributed by atoms with Gasteiger partial charge in [-0.05, 0) is 18.1 Å². The van der Waals surface area contributed by atoms with E-state index >= 15 is 0 Å². The number of rotatable bonds is 5. The number of carbonyl (C=O) groups excluding carboxylic acids is 1. The summed E-state index contributed by atoms with van der Waals surface area (Å²) in [5, 5.41) is 6.06. The van der Waals surface area contributed by atoms with Crippen LogP contribution in [-0.2, 0) is 17.8 Å². The zero-order chi connectivity index (χ0) is 16.2. The molecular weight excluding hydrogens is 297 g/mol. The van der Waals surface area contributed by atoms with Gasteiger partial charge in [0, 0.05) is 18.3 Å². The van der Waals surface area contributed by atoms with E-state index in [1.807, 2.05) is 12.1 Å². The molecule has 2 rings (SSSR count). The molecule has 0 atom stereocenters. The van der Waals surface area contributed by atoms with Crippen molar-refractivity contribution in [3.8, 4) is 0 Å². The quantitative estimate of drug-likeness (QED) is 0.834. The number of benzene rings is 1. The summed E-state index contributed by atoms with van der Waals surface area (Å²) in [5.41, 5.74) is 7.46. The molecule has 0 spiro atoms. The summed E-state index contributed by atoms with van der Waals surface area (Å²) < 4.78 is 37.3. The van der Waals surface area contributed by atoms with Crippen molar-refractivity contribution in [2.75, 3.05) is 11.1 Å². The highest BCUT2D eigenvalue weighted by molar-refractivity contribution is 5.90. The molecule has 5 nitrogen and oxygen atoms in total. The number of aromatic nitrogens is 2. The van der Waals surface area contributed by atoms with E-state index in [1.165, 1.54) is 6.20 Å². The van der Waals surface area contributed by atoms with E-state index in [0.29, 0.717) is 12.1 Å². The van der Waals surface area contributed by atoms with Crippen LogP contribution in [0.5, 0.6) is 0 Å². The van der Waals surface area contributed by atoms with Crippen LogP contribution in [0.3, 0.4) is 0 Å². The Hall–Kier alpha value is -2.51. The Labute approximate surface area is 124 Å². The lowest BCUT2D eigenvalue weighted by atomic mass is 10.1. The summed E-state index contributed by atoms with van der Waals surface area (Å²) in [6.45, 7) is -1.19. The van der Waals surface area contributed by atoms with Crippen LogP contribution < -0.4 is 11.1 Å². The van der Waals surface area contributed by atoms with Crippen molar-refractivity contribution in [2.45, 2.75) is 25.6 Å². The SMILES string of the molecule is Nc1ccccc1CCC(=O)Nc1cnn(CC(F)(F)F)c1. The molecule has 0 fully saturated rings. The highest BCUT2D eigenvalue weighted by atomic mass is 19.4. The van der Waals surface area contributed by atoms with Crippen LogP contribution in [-0.4, -0.2) is 21.9 Å². The number of anilines is 2. The van der Waals surface area contributed by atoms with Gasteiger partial charge in [0.05, 0.1) is 11.9 Å². The second kappa shape index (κ2) is 6.50. The number of nitrogen functional groups attached to an aromatic ring is 1. The number of aryl methyl sites for hydroxylation is 1. The molecule has 0 saturated heterocycles. The highest BCUT2D eigenvalue weighted by Crippen LogP contribution is 2.18. The fourth-order valence-corrected chi connectivity index (χ4v) is 1.93. The van der Waals surface area contributed by atoms with E-state index < -0.39 is 12.7 Å². The number of carbonyl (C=O) groups is 1. The molecule has 3 N–H and O–H groups in total. The first kappa shape index (κ1) is 15.9. The van der Waals surface area contributed by atoms with Gasteiger partial charge in [0.25, 0.3) is 0 Å². The Morgan fingerprint density at radius 3 is 2.73 bits per heavy atom. The first-order valence-electron chi connectivity index (χ1n) is 6.56. The van der Waals surface area contributed by atoms with Crippen molar-refractivity contribution in [2.24, 2.45) is 0 Å². The maximum absolute atomic E-state index is 12.2. The van der Waals surface area contributed by atoms with Gasteiger partial charge in [-0.15, -0.1) is 0 Å². The lowest BCUT2D eigenvalue weighted by Gasteiger charge is -2.06. The molecule has 118 valence electrons. The molecule has 0 aliphatic carbocycles. The van der Waals surface area contributed by atoms with Crippen LogP contribution in [0.2, 0.25) is 0 Å². The van der Waals surface area contributed by atoms with Crippen LogP contribution in [0.1, 0.15) is 12.0 Å². The third kappa shape index (κ3) is 4.80. The Morgan fingerprint density at radius 2 is 2.05 bits per heavy atom. The van der Waals surface area contributed by atoms with E-state index in [1.54, 1.807) is 12.1 Å². The van der Waals surface area contributed by atoms with Crippen molar-refractivity contribution >= 4 is 17.3 Å². The van der Waals surface area contributed by atoms with Crippen LogP contribution in [0.25, 0.3) is 0 Å². The predicted molar refractivity (Wildman–Crippen MR) is 76.1 cm³/mol. The molecular formula is C14H15F3N4O. The van der Waals surface area contributed by atoms with Crippen molar-refractivity contribution in [1.82, 2.24) is 9.78 Å². The number of amides is 1. The summed E-state index contributed by atoms with van der Waals surface area (Å²) in [5.74, 6) is -0.310. The number of para-hydroxylation sites is 1.